The van der Waals surface area contributed by atoms with E-state index in [1.165, 1.54) is 10.5 Å². The third-order valence-corrected chi connectivity index (χ3v) is 4.80. The van der Waals surface area contributed by atoms with Crippen molar-refractivity contribution in [3.8, 4) is 0 Å². The van der Waals surface area contributed by atoms with Crippen molar-refractivity contribution >= 4 is 44.8 Å². The molecule has 0 saturated heterocycles. The Morgan fingerprint density at radius 1 is 1.21 bits per heavy atom. The van der Waals surface area contributed by atoms with Gasteiger partial charge in [0.25, 0.3) is 0 Å². The molecule has 1 aromatic rings. The zero-order chi connectivity index (χ0) is 9.80. The van der Waals surface area contributed by atoms with Crippen LogP contribution >= 0.6 is 35.5 Å². The first kappa shape index (κ1) is 10.2. The first-order valence-electron chi connectivity index (χ1n) is 4.11. The molecule has 2 rings (SSSR count). The monoisotopic (exact) mass is 239 g/mol. The van der Waals surface area contributed by atoms with Crippen LogP contribution in [0, 0.1) is 0 Å². The molecule has 1 aromatic carbocycles. The van der Waals surface area contributed by atoms with E-state index in [9.17, 15) is 0 Å². The Balaban J connectivity index is 2.13. The van der Waals surface area contributed by atoms with Crippen LogP contribution in [-0.4, -0.2) is 10.6 Å². The van der Waals surface area contributed by atoms with Crippen molar-refractivity contribution in [2.45, 2.75) is 0 Å². The standard InChI is InChI=1S/C10H9NS3/c1-12-10-11-14-9(7-13-10)8-5-3-2-4-6-8/h2-7H,1H3. The number of hydrogen-bond acceptors (Lipinski definition) is 4. The van der Waals surface area contributed by atoms with E-state index in [1.807, 2.05) is 12.3 Å². The summed E-state index contributed by atoms with van der Waals surface area (Å²) in [6.45, 7) is 0. The van der Waals surface area contributed by atoms with Crippen molar-refractivity contribution in [2.75, 3.05) is 6.26 Å². The molecular formula is C10H9NS3. The second kappa shape index (κ2) is 4.96. The maximum Gasteiger partial charge on any atom is 0.142 e. The minimum Gasteiger partial charge on any atom is -0.197 e. The Bertz CT molecular complexity index is 370. The molecule has 0 atom stereocenters. The number of nitrogens with zero attached hydrogens (tertiary/aromatic N) is 1. The third-order valence-electron chi connectivity index (χ3n) is 1.72. The molecule has 0 N–H and O–H groups in total. The zero-order valence-electron chi connectivity index (χ0n) is 7.64. The summed E-state index contributed by atoms with van der Waals surface area (Å²) in [6, 6.07) is 10.4. The molecule has 72 valence electrons. The van der Waals surface area contributed by atoms with E-state index in [0.29, 0.717) is 0 Å². The largest absolute Gasteiger partial charge is 0.197 e. The van der Waals surface area contributed by atoms with Crippen LogP contribution in [0.5, 0.6) is 0 Å². The van der Waals surface area contributed by atoms with Crippen LogP contribution in [0.15, 0.2) is 40.1 Å². The normalized spacial score (nSPS) is 16.1. The summed E-state index contributed by atoms with van der Waals surface area (Å²) < 4.78 is 5.52. The average molecular weight is 239 g/mol. The fraction of sp³-hybridized carbons (Fsp3) is 0.100. The van der Waals surface area contributed by atoms with Crippen molar-refractivity contribution in [1.82, 2.24) is 0 Å². The maximum absolute atomic E-state index is 4.40. The lowest BCUT2D eigenvalue weighted by atomic mass is 10.2. The molecule has 14 heavy (non-hydrogen) atoms. The van der Waals surface area contributed by atoms with E-state index >= 15 is 0 Å². The fourth-order valence-corrected chi connectivity index (χ4v) is 3.34. The van der Waals surface area contributed by atoms with Crippen LogP contribution in [0.2, 0.25) is 0 Å². The Kier molecular flexibility index (Phi) is 3.61. The zero-order valence-corrected chi connectivity index (χ0v) is 10.1. The van der Waals surface area contributed by atoms with Gasteiger partial charge in [-0.1, -0.05) is 42.1 Å². The van der Waals surface area contributed by atoms with Crippen molar-refractivity contribution in [1.29, 1.82) is 0 Å². The molecule has 0 radical (unpaired) electrons. The Hall–Kier alpha value is -0.320. The second-order valence-corrected chi connectivity index (χ2v) is 5.34. The van der Waals surface area contributed by atoms with Crippen molar-refractivity contribution in [3.05, 3.63) is 41.3 Å². The molecule has 1 aliphatic heterocycles. The van der Waals surface area contributed by atoms with Gasteiger partial charge in [0.1, 0.15) is 4.38 Å². The van der Waals surface area contributed by atoms with Crippen LogP contribution in [0.4, 0.5) is 0 Å². The lowest BCUT2D eigenvalue weighted by Crippen LogP contribution is -1.86. The Morgan fingerprint density at radius 2 is 2.00 bits per heavy atom. The van der Waals surface area contributed by atoms with Crippen molar-refractivity contribution in [2.24, 2.45) is 4.40 Å². The highest BCUT2D eigenvalue weighted by atomic mass is 32.2. The molecule has 0 aromatic heterocycles. The molecule has 0 unspecified atom stereocenters. The number of rotatable bonds is 1. The van der Waals surface area contributed by atoms with Gasteiger partial charge in [0.15, 0.2) is 0 Å². The fourth-order valence-electron chi connectivity index (χ4n) is 1.04. The predicted octanol–water partition coefficient (Wildman–Crippen LogP) is 4.10. The van der Waals surface area contributed by atoms with Gasteiger partial charge in [-0.15, -0.1) is 11.8 Å². The molecule has 0 aliphatic carbocycles. The van der Waals surface area contributed by atoms with Crippen molar-refractivity contribution in [3.63, 3.8) is 0 Å². The minimum absolute atomic E-state index is 1.12. The van der Waals surface area contributed by atoms with Gasteiger partial charge in [0.2, 0.25) is 0 Å². The smallest absolute Gasteiger partial charge is 0.142 e. The van der Waals surface area contributed by atoms with Gasteiger partial charge in [-0.25, -0.2) is 0 Å². The lowest BCUT2D eigenvalue weighted by molar-refractivity contribution is 1.65. The molecule has 1 aliphatic rings. The quantitative estimate of drug-likeness (QED) is 0.685. The molecule has 0 amide bonds. The number of benzene rings is 1. The van der Waals surface area contributed by atoms with Gasteiger partial charge >= 0.3 is 0 Å². The van der Waals surface area contributed by atoms with Crippen LogP contribution in [0.3, 0.4) is 0 Å². The summed E-state index contributed by atoms with van der Waals surface area (Å²) in [5, 5.41) is 2.17. The van der Waals surface area contributed by atoms with E-state index in [4.69, 9.17) is 0 Å². The molecular weight excluding hydrogens is 230 g/mol. The first-order valence-corrected chi connectivity index (χ1v) is 6.99. The number of hydrogen-bond donors (Lipinski definition) is 0. The number of thioether (sulfide) groups is 2. The van der Waals surface area contributed by atoms with Gasteiger partial charge in [0.05, 0.1) is 0 Å². The van der Waals surface area contributed by atoms with E-state index in [1.54, 1.807) is 35.5 Å². The van der Waals surface area contributed by atoms with Gasteiger partial charge < -0.3 is 0 Å². The summed E-state index contributed by atoms with van der Waals surface area (Å²) in [6.07, 6.45) is 2.05. The van der Waals surface area contributed by atoms with E-state index in [-0.39, 0.29) is 0 Å². The summed E-state index contributed by atoms with van der Waals surface area (Å²) in [5.74, 6) is 0. The Morgan fingerprint density at radius 3 is 2.57 bits per heavy atom. The topological polar surface area (TPSA) is 12.4 Å². The maximum atomic E-state index is 4.40. The summed E-state index contributed by atoms with van der Waals surface area (Å²) in [5.41, 5.74) is 1.24. The lowest BCUT2D eigenvalue weighted by Gasteiger charge is -2.09. The Labute approximate surface area is 96.6 Å². The summed E-state index contributed by atoms with van der Waals surface area (Å²) >= 11 is 4.94. The molecule has 0 saturated carbocycles. The van der Waals surface area contributed by atoms with Crippen LogP contribution in [0.1, 0.15) is 5.56 Å². The SMILES string of the molecule is CSC1=NSC(c2ccccc2)=CS1. The highest BCUT2D eigenvalue weighted by Crippen LogP contribution is 2.37. The van der Waals surface area contributed by atoms with E-state index in [2.05, 4.69) is 34.1 Å². The van der Waals surface area contributed by atoms with Gasteiger partial charge in [0, 0.05) is 16.9 Å². The van der Waals surface area contributed by atoms with Gasteiger partial charge in [-0.2, -0.15) is 4.40 Å². The molecule has 0 fully saturated rings. The predicted molar refractivity (Wildman–Crippen MR) is 70.6 cm³/mol. The average Bonchev–Trinajstić information content (AvgIpc) is 2.30. The van der Waals surface area contributed by atoms with E-state index < -0.39 is 0 Å². The molecule has 0 spiro atoms. The van der Waals surface area contributed by atoms with E-state index in [0.717, 1.165) is 4.38 Å². The highest BCUT2D eigenvalue weighted by Gasteiger charge is 2.08. The summed E-state index contributed by atoms with van der Waals surface area (Å²) in [4.78, 5) is 1.23. The third kappa shape index (κ3) is 2.38. The first-order chi connectivity index (χ1) is 6.90. The molecule has 4 heteroatoms. The molecule has 0 bridgehead atoms. The summed E-state index contributed by atoms with van der Waals surface area (Å²) in [7, 11) is 0. The molecule has 1 heterocycles. The highest BCUT2D eigenvalue weighted by molar-refractivity contribution is 8.41. The van der Waals surface area contributed by atoms with Gasteiger partial charge in [-0.05, 0) is 17.2 Å². The van der Waals surface area contributed by atoms with Crippen molar-refractivity contribution < 1.29 is 0 Å². The minimum atomic E-state index is 1.12. The molecule has 1 nitrogen and oxygen atoms in total. The van der Waals surface area contributed by atoms with Gasteiger partial charge in [-0.3, -0.25) is 0 Å². The van der Waals surface area contributed by atoms with Crippen LogP contribution in [-0.2, 0) is 0 Å². The van der Waals surface area contributed by atoms with Crippen LogP contribution < -0.4 is 0 Å². The van der Waals surface area contributed by atoms with Crippen LogP contribution in [0.25, 0.3) is 4.91 Å². The second-order valence-electron chi connectivity index (χ2n) is 2.62.